The van der Waals surface area contributed by atoms with Crippen LogP contribution < -0.4 is 5.43 Å². The molecule has 2 aromatic rings. The van der Waals surface area contributed by atoms with Gasteiger partial charge in [-0.2, -0.15) is 5.10 Å². The third-order valence-corrected chi connectivity index (χ3v) is 6.35. The summed E-state index contributed by atoms with van der Waals surface area (Å²) < 4.78 is 5.65. The predicted molar refractivity (Wildman–Crippen MR) is 105 cm³/mol. The Balaban J connectivity index is 1.41. The Labute approximate surface area is 166 Å². The minimum absolute atomic E-state index is 0.0363. The molecule has 2 aliphatic carbocycles. The lowest BCUT2D eigenvalue weighted by Crippen LogP contribution is -2.22. The zero-order chi connectivity index (χ0) is 19.9. The Hall–Kier alpha value is -2.67. The topological polar surface area (TPSA) is 97.7 Å². The summed E-state index contributed by atoms with van der Waals surface area (Å²) >= 11 is 5.83. The molecular weight excluding hydrogens is 382 g/mol. The first kappa shape index (κ1) is 18.7. The van der Waals surface area contributed by atoms with Gasteiger partial charge in [-0.15, -0.1) is 0 Å². The number of carbonyl (C=O) groups excluding carboxylic acids is 1. The van der Waals surface area contributed by atoms with Crippen LogP contribution >= 0.6 is 11.6 Å². The van der Waals surface area contributed by atoms with Gasteiger partial charge in [-0.25, -0.2) is 5.43 Å². The maximum Gasteiger partial charge on any atom is 0.288 e. The van der Waals surface area contributed by atoms with Crippen molar-refractivity contribution >= 4 is 29.4 Å². The minimum Gasteiger partial charge on any atom is -0.455 e. The monoisotopic (exact) mass is 401 g/mol. The van der Waals surface area contributed by atoms with E-state index in [1.807, 2.05) is 0 Å². The molecule has 2 aliphatic rings. The van der Waals surface area contributed by atoms with Crippen molar-refractivity contribution in [2.45, 2.75) is 32.6 Å². The largest absolute Gasteiger partial charge is 0.455 e. The zero-order valence-electron chi connectivity index (χ0n) is 15.4. The smallest absolute Gasteiger partial charge is 0.288 e. The second-order valence-corrected chi connectivity index (χ2v) is 8.10. The van der Waals surface area contributed by atoms with Gasteiger partial charge in [0.1, 0.15) is 16.5 Å². The summed E-state index contributed by atoms with van der Waals surface area (Å²) in [5.74, 6) is 1.38. The molecule has 0 unspecified atom stereocenters. The summed E-state index contributed by atoms with van der Waals surface area (Å²) in [5.41, 5.74) is 3.11. The number of furan rings is 1. The van der Waals surface area contributed by atoms with E-state index in [2.05, 4.69) is 17.5 Å². The number of hydrogen-bond donors (Lipinski definition) is 1. The molecule has 0 radical (unpaired) electrons. The second kappa shape index (κ2) is 7.05. The molecule has 1 amide bonds. The SMILES string of the molecule is C[C@]12CCCC[C@@H]1[C@@H]2C(=O)N/N=C\c1ccc(-c2ccc(Cl)c([N+](=O)[O-])c2)o1. The lowest BCUT2D eigenvalue weighted by molar-refractivity contribution is -0.384. The highest BCUT2D eigenvalue weighted by Gasteiger charge is 2.64. The van der Waals surface area contributed by atoms with E-state index in [0.29, 0.717) is 23.0 Å². The van der Waals surface area contributed by atoms with Crippen LogP contribution in [0.2, 0.25) is 5.02 Å². The van der Waals surface area contributed by atoms with E-state index < -0.39 is 4.92 Å². The van der Waals surface area contributed by atoms with E-state index in [1.54, 1.807) is 18.2 Å². The van der Waals surface area contributed by atoms with Crippen LogP contribution in [-0.2, 0) is 4.79 Å². The Morgan fingerprint density at radius 1 is 1.39 bits per heavy atom. The van der Waals surface area contributed by atoms with E-state index in [0.717, 1.165) is 12.8 Å². The normalized spacial score (nSPS) is 26.1. The van der Waals surface area contributed by atoms with Crippen LogP contribution in [0.3, 0.4) is 0 Å². The number of nitrogens with zero attached hydrogens (tertiary/aromatic N) is 2. The molecule has 1 aromatic heterocycles. The quantitative estimate of drug-likeness (QED) is 0.442. The van der Waals surface area contributed by atoms with Crippen molar-refractivity contribution in [1.82, 2.24) is 5.43 Å². The molecule has 0 spiro atoms. The summed E-state index contributed by atoms with van der Waals surface area (Å²) in [7, 11) is 0. The van der Waals surface area contributed by atoms with Crippen molar-refractivity contribution in [1.29, 1.82) is 0 Å². The third kappa shape index (κ3) is 3.30. The number of fused-ring (bicyclic) bond motifs is 1. The fourth-order valence-electron chi connectivity index (χ4n) is 4.46. The minimum atomic E-state index is -0.539. The van der Waals surface area contributed by atoms with Crippen molar-refractivity contribution in [2.75, 3.05) is 0 Å². The van der Waals surface area contributed by atoms with E-state index in [9.17, 15) is 14.9 Å². The molecule has 1 aromatic carbocycles. The number of benzene rings is 1. The predicted octanol–water partition coefficient (Wildman–Crippen LogP) is 4.78. The molecule has 1 heterocycles. The molecular formula is C20H20ClN3O4. The summed E-state index contributed by atoms with van der Waals surface area (Å²) in [4.78, 5) is 22.9. The third-order valence-electron chi connectivity index (χ3n) is 6.03. The van der Waals surface area contributed by atoms with Gasteiger partial charge >= 0.3 is 0 Å². The molecule has 0 bridgehead atoms. The van der Waals surface area contributed by atoms with Gasteiger partial charge in [-0.05, 0) is 48.4 Å². The Morgan fingerprint density at radius 2 is 2.21 bits per heavy atom. The Morgan fingerprint density at radius 3 is 2.93 bits per heavy atom. The van der Waals surface area contributed by atoms with Gasteiger partial charge in [0.25, 0.3) is 5.69 Å². The first-order chi connectivity index (χ1) is 13.4. The van der Waals surface area contributed by atoms with Gasteiger partial charge in [0, 0.05) is 17.5 Å². The van der Waals surface area contributed by atoms with Crippen LogP contribution in [0.5, 0.6) is 0 Å². The fraction of sp³-hybridized carbons (Fsp3) is 0.400. The molecule has 146 valence electrons. The van der Waals surface area contributed by atoms with E-state index in [-0.39, 0.29) is 28.0 Å². The van der Waals surface area contributed by atoms with Gasteiger partial charge in [0.2, 0.25) is 5.91 Å². The van der Waals surface area contributed by atoms with Gasteiger partial charge in [-0.3, -0.25) is 14.9 Å². The number of rotatable bonds is 5. The van der Waals surface area contributed by atoms with Crippen LogP contribution in [0.25, 0.3) is 11.3 Å². The Bertz CT molecular complexity index is 970. The van der Waals surface area contributed by atoms with Crippen LogP contribution in [0.15, 0.2) is 39.9 Å². The molecule has 8 heteroatoms. The van der Waals surface area contributed by atoms with Gasteiger partial charge < -0.3 is 4.42 Å². The Kier molecular flexibility index (Phi) is 4.71. The van der Waals surface area contributed by atoms with Crippen molar-refractivity contribution < 1.29 is 14.1 Å². The molecule has 4 rings (SSSR count). The summed E-state index contributed by atoms with van der Waals surface area (Å²) in [6, 6.07) is 7.84. The summed E-state index contributed by atoms with van der Waals surface area (Å²) in [6.07, 6.45) is 6.05. The molecule has 0 aliphatic heterocycles. The molecule has 2 fully saturated rings. The van der Waals surface area contributed by atoms with Crippen molar-refractivity contribution in [2.24, 2.45) is 22.4 Å². The average molecular weight is 402 g/mol. The zero-order valence-corrected chi connectivity index (χ0v) is 16.1. The standard InChI is InChI=1S/C20H20ClN3O4/c1-20-9-3-2-4-14(20)18(20)19(25)23-22-11-13-6-8-17(28-13)12-5-7-15(21)16(10-12)24(26)27/h5-8,10-11,14,18H,2-4,9H2,1H3,(H,23,25)/b22-11-/t14-,18-,20+/m1/s1. The lowest BCUT2D eigenvalue weighted by Gasteiger charge is -2.15. The number of nitrogens with one attached hydrogen (secondary N) is 1. The van der Waals surface area contributed by atoms with E-state index >= 15 is 0 Å². The van der Waals surface area contributed by atoms with Crippen molar-refractivity contribution in [3.8, 4) is 11.3 Å². The number of carbonyl (C=O) groups is 1. The lowest BCUT2D eigenvalue weighted by atomic mass is 9.90. The van der Waals surface area contributed by atoms with Crippen molar-refractivity contribution in [3.63, 3.8) is 0 Å². The number of halogens is 1. The maximum absolute atomic E-state index is 12.4. The van der Waals surface area contributed by atoms with Crippen molar-refractivity contribution in [3.05, 3.63) is 51.2 Å². The van der Waals surface area contributed by atoms with Crippen LogP contribution in [0.4, 0.5) is 5.69 Å². The molecule has 28 heavy (non-hydrogen) atoms. The van der Waals surface area contributed by atoms with Crippen LogP contribution in [-0.4, -0.2) is 17.0 Å². The second-order valence-electron chi connectivity index (χ2n) is 7.70. The molecule has 0 saturated heterocycles. The first-order valence-electron chi connectivity index (χ1n) is 9.27. The first-order valence-corrected chi connectivity index (χ1v) is 9.65. The number of nitro benzene ring substituents is 1. The maximum atomic E-state index is 12.4. The molecule has 3 atom stereocenters. The fourth-order valence-corrected chi connectivity index (χ4v) is 4.65. The van der Waals surface area contributed by atoms with E-state index in [4.69, 9.17) is 16.0 Å². The molecule has 7 nitrogen and oxygen atoms in total. The van der Waals surface area contributed by atoms with E-state index in [1.165, 1.54) is 31.2 Å². The molecule has 2 saturated carbocycles. The average Bonchev–Trinajstić information content (AvgIpc) is 3.02. The molecule has 1 N–H and O–H groups in total. The van der Waals surface area contributed by atoms with Gasteiger partial charge in [0.15, 0.2) is 0 Å². The number of hydrazone groups is 1. The van der Waals surface area contributed by atoms with Gasteiger partial charge in [-0.1, -0.05) is 31.4 Å². The summed E-state index contributed by atoms with van der Waals surface area (Å²) in [6.45, 7) is 2.19. The number of amides is 1. The highest BCUT2D eigenvalue weighted by atomic mass is 35.5. The summed E-state index contributed by atoms with van der Waals surface area (Å²) in [5, 5.41) is 15.1. The number of hydrogen-bond acceptors (Lipinski definition) is 5. The van der Waals surface area contributed by atoms with Gasteiger partial charge in [0.05, 0.1) is 11.1 Å². The highest BCUT2D eigenvalue weighted by Crippen LogP contribution is 2.66. The number of nitro groups is 1. The van der Waals surface area contributed by atoms with Crippen LogP contribution in [0, 0.1) is 27.4 Å². The van der Waals surface area contributed by atoms with Crippen LogP contribution in [0.1, 0.15) is 38.4 Å². The highest BCUT2D eigenvalue weighted by molar-refractivity contribution is 6.32.